The van der Waals surface area contributed by atoms with Crippen molar-refractivity contribution in [3.05, 3.63) is 62.8 Å². The summed E-state index contributed by atoms with van der Waals surface area (Å²) in [5, 5.41) is 22.5. The number of nitrogens with zero attached hydrogens (tertiary/aromatic N) is 2. The first-order valence-electron chi connectivity index (χ1n) is 8.56. The molecule has 2 N–H and O–H groups in total. The van der Waals surface area contributed by atoms with Gasteiger partial charge in [0.25, 0.3) is 11.1 Å². The van der Waals surface area contributed by atoms with Gasteiger partial charge in [0.1, 0.15) is 12.4 Å². The minimum atomic E-state index is -0.825. The van der Waals surface area contributed by atoms with Crippen molar-refractivity contribution in [2.24, 2.45) is 0 Å². The van der Waals surface area contributed by atoms with Crippen LogP contribution in [0.15, 0.2) is 41.3 Å². The van der Waals surface area contributed by atoms with E-state index in [1.807, 2.05) is 0 Å². The zero-order valence-corrected chi connectivity index (χ0v) is 16.6. The molecule has 0 aromatic heterocycles. The number of thioether (sulfide) groups is 1. The molecular weight excluding hydrogens is 433 g/mol. The zero-order chi connectivity index (χ0) is 22.7. The number of methoxy groups -OCH3 is 1. The molecule has 1 aliphatic heterocycles. The second kappa shape index (κ2) is 8.83. The van der Waals surface area contributed by atoms with Crippen LogP contribution in [0.25, 0.3) is 6.08 Å². The van der Waals surface area contributed by atoms with Gasteiger partial charge in [0.15, 0.2) is 5.75 Å². The van der Waals surface area contributed by atoms with E-state index in [0.29, 0.717) is 16.7 Å². The second-order valence-electron chi connectivity index (χ2n) is 6.14. The molecule has 2 aromatic carbocycles. The Hall–Kier alpha value is -3.93. The number of rotatable bonds is 6. The third-order valence-electron chi connectivity index (χ3n) is 4.11. The summed E-state index contributed by atoms with van der Waals surface area (Å²) in [6, 6.07) is 7.68. The molecule has 1 heterocycles. The summed E-state index contributed by atoms with van der Waals surface area (Å²) in [4.78, 5) is 47.8. The fourth-order valence-corrected chi connectivity index (χ4v) is 3.51. The lowest BCUT2D eigenvalue weighted by Gasteiger charge is -2.12. The van der Waals surface area contributed by atoms with Crippen LogP contribution in [0.4, 0.5) is 20.6 Å². The number of halogens is 1. The van der Waals surface area contributed by atoms with Crippen LogP contribution in [-0.4, -0.2) is 45.6 Å². The molecule has 1 aliphatic rings. The third kappa shape index (κ3) is 4.64. The maximum atomic E-state index is 13.6. The van der Waals surface area contributed by atoms with Crippen molar-refractivity contribution in [3.63, 3.8) is 0 Å². The molecule has 0 unspecified atom stereocenters. The maximum Gasteiger partial charge on any atom is 0.315 e. The number of hydrogen-bond acceptors (Lipinski definition) is 8. The van der Waals surface area contributed by atoms with Crippen LogP contribution < -0.4 is 10.1 Å². The van der Waals surface area contributed by atoms with Crippen LogP contribution in [0, 0.1) is 15.9 Å². The second-order valence-corrected chi connectivity index (χ2v) is 7.14. The molecule has 1 saturated heterocycles. The van der Waals surface area contributed by atoms with Gasteiger partial charge in [0.2, 0.25) is 11.7 Å². The Labute approximate surface area is 178 Å². The number of nitro benzene ring substituents is 1. The molecule has 0 saturated carbocycles. The molecule has 0 radical (unpaired) electrons. The number of ether oxygens (including phenoxy) is 1. The summed E-state index contributed by atoms with van der Waals surface area (Å²) in [7, 11) is 1.20. The van der Waals surface area contributed by atoms with E-state index in [-0.39, 0.29) is 21.9 Å². The van der Waals surface area contributed by atoms with Gasteiger partial charge in [-0.15, -0.1) is 0 Å². The molecule has 3 amide bonds. The van der Waals surface area contributed by atoms with Crippen LogP contribution in [0.3, 0.4) is 0 Å². The monoisotopic (exact) mass is 447 g/mol. The number of aromatic hydroxyl groups is 1. The van der Waals surface area contributed by atoms with Crippen molar-refractivity contribution in [1.29, 1.82) is 0 Å². The molecule has 31 heavy (non-hydrogen) atoms. The Kier molecular flexibility index (Phi) is 6.20. The molecule has 0 spiro atoms. The van der Waals surface area contributed by atoms with E-state index >= 15 is 0 Å². The highest BCUT2D eigenvalue weighted by Crippen LogP contribution is 2.39. The van der Waals surface area contributed by atoms with Crippen molar-refractivity contribution < 1.29 is 33.5 Å². The van der Waals surface area contributed by atoms with Gasteiger partial charge in [-0.2, -0.15) is 0 Å². The normalized spacial score (nSPS) is 14.8. The van der Waals surface area contributed by atoms with Crippen LogP contribution in [0.2, 0.25) is 0 Å². The fraction of sp³-hybridized carbons (Fsp3) is 0.105. The number of hydrogen-bond donors (Lipinski definition) is 2. The molecule has 160 valence electrons. The standard InChI is InChI=1S/C19H14FN3O7S/c1-30-14-7-10(6-13(17(14)25)23(28)29)8-15-18(26)22(19(27)31-15)9-16(24)21-12-5-3-2-4-11(12)20/h2-8,25H,9H2,1H3,(H,21,24)/b15-8-. The summed E-state index contributed by atoms with van der Waals surface area (Å²) in [5.41, 5.74) is -0.615. The topological polar surface area (TPSA) is 139 Å². The minimum absolute atomic E-state index is 0.0919. The Morgan fingerprint density at radius 3 is 2.71 bits per heavy atom. The largest absolute Gasteiger partial charge is 0.500 e. The number of nitrogens with one attached hydrogen (secondary N) is 1. The highest BCUT2D eigenvalue weighted by molar-refractivity contribution is 8.18. The van der Waals surface area contributed by atoms with Crippen molar-refractivity contribution in [1.82, 2.24) is 4.90 Å². The van der Waals surface area contributed by atoms with Crippen LogP contribution in [0.1, 0.15) is 5.56 Å². The van der Waals surface area contributed by atoms with E-state index in [1.165, 1.54) is 37.5 Å². The number of phenols is 1. The minimum Gasteiger partial charge on any atom is -0.500 e. The Balaban J connectivity index is 1.81. The lowest BCUT2D eigenvalue weighted by molar-refractivity contribution is -0.386. The smallest absolute Gasteiger partial charge is 0.315 e. The Bertz CT molecular complexity index is 1140. The summed E-state index contributed by atoms with van der Waals surface area (Å²) in [6.07, 6.45) is 1.20. The first kappa shape index (κ1) is 21.8. The highest BCUT2D eigenvalue weighted by atomic mass is 32.2. The number of benzene rings is 2. The molecule has 10 nitrogen and oxygen atoms in total. The molecule has 3 rings (SSSR count). The number of nitro groups is 1. The summed E-state index contributed by atoms with van der Waals surface area (Å²) in [6.45, 7) is -0.643. The average molecular weight is 447 g/mol. The predicted molar refractivity (Wildman–Crippen MR) is 109 cm³/mol. The molecule has 2 aromatic rings. The predicted octanol–water partition coefficient (Wildman–Crippen LogP) is 3.12. The van der Waals surface area contributed by atoms with Crippen LogP contribution in [-0.2, 0) is 9.59 Å². The Morgan fingerprint density at radius 1 is 1.35 bits per heavy atom. The molecule has 0 bridgehead atoms. The third-order valence-corrected chi connectivity index (χ3v) is 5.02. The number of amides is 3. The maximum absolute atomic E-state index is 13.6. The fourth-order valence-electron chi connectivity index (χ4n) is 2.68. The molecule has 12 heteroatoms. The van der Waals surface area contributed by atoms with Gasteiger partial charge in [0, 0.05) is 6.07 Å². The summed E-state index contributed by atoms with van der Waals surface area (Å²) in [5.74, 6) is -3.12. The van der Waals surface area contributed by atoms with Gasteiger partial charge in [-0.1, -0.05) is 12.1 Å². The quantitative estimate of drug-likeness (QED) is 0.391. The van der Waals surface area contributed by atoms with E-state index in [2.05, 4.69) is 5.32 Å². The van der Waals surface area contributed by atoms with Crippen LogP contribution >= 0.6 is 11.8 Å². The summed E-state index contributed by atoms with van der Waals surface area (Å²) < 4.78 is 18.5. The van der Waals surface area contributed by atoms with Gasteiger partial charge in [-0.3, -0.25) is 29.4 Å². The zero-order valence-electron chi connectivity index (χ0n) is 15.8. The number of carbonyl (C=O) groups excluding carboxylic acids is 3. The van der Waals surface area contributed by atoms with Gasteiger partial charge < -0.3 is 15.2 Å². The van der Waals surface area contributed by atoms with Crippen molar-refractivity contribution in [3.8, 4) is 11.5 Å². The lowest BCUT2D eigenvalue weighted by atomic mass is 10.1. The first-order chi connectivity index (χ1) is 14.7. The van der Waals surface area contributed by atoms with Gasteiger partial charge in [-0.05, 0) is 41.6 Å². The molecule has 1 fully saturated rings. The molecule has 0 aliphatic carbocycles. The van der Waals surface area contributed by atoms with E-state index in [0.717, 1.165) is 12.1 Å². The van der Waals surface area contributed by atoms with Gasteiger partial charge >= 0.3 is 5.69 Å². The van der Waals surface area contributed by atoms with Crippen molar-refractivity contribution in [2.75, 3.05) is 19.0 Å². The SMILES string of the molecule is COc1cc(/C=C2\SC(=O)N(CC(=O)Nc3ccccc3F)C2=O)cc([N+](=O)[O-])c1O. The van der Waals surface area contributed by atoms with E-state index in [4.69, 9.17) is 4.74 Å². The number of anilines is 1. The summed E-state index contributed by atoms with van der Waals surface area (Å²) >= 11 is 0.531. The molecular formula is C19H14FN3O7S. The van der Waals surface area contributed by atoms with E-state index < -0.39 is 45.8 Å². The van der Waals surface area contributed by atoms with Crippen LogP contribution in [0.5, 0.6) is 11.5 Å². The van der Waals surface area contributed by atoms with E-state index in [1.54, 1.807) is 0 Å². The van der Waals surface area contributed by atoms with Gasteiger partial charge in [-0.25, -0.2) is 4.39 Å². The van der Waals surface area contributed by atoms with Crippen molar-refractivity contribution >= 4 is 46.3 Å². The first-order valence-corrected chi connectivity index (χ1v) is 9.38. The molecule has 0 atom stereocenters. The highest BCUT2D eigenvalue weighted by Gasteiger charge is 2.36. The van der Waals surface area contributed by atoms with E-state index in [9.17, 15) is 34.0 Å². The number of para-hydroxylation sites is 1. The average Bonchev–Trinajstić information content (AvgIpc) is 2.98. The lowest BCUT2D eigenvalue weighted by Crippen LogP contribution is -2.36. The number of phenolic OH excluding ortho intramolecular Hbond substituents is 1. The number of carbonyl (C=O) groups is 3. The number of imide groups is 1. The van der Waals surface area contributed by atoms with Crippen molar-refractivity contribution in [2.45, 2.75) is 0 Å². The van der Waals surface area contributed by atoms with Gasteiger partial charge in [0.05, 0.1) is 22.6 Å². The Morgan fingerprint density at radius 2 is 2.06 bits per heavy atom.